The van der Waals surface area contributed by atoms with E-state index in [4.69, 9.17) is 5.73 Å². The van der Waals surface area contributed by atoms with Crippen LogP contribution in [-0.4, -0.2) is 16.8 Å². The molecule has 1 amide bonds. The summed E-state index contributed by atoms with van der Waals surface area (Å²) in [5.41, 5.74) is 9.78. The van der Waals surface area contributed by atoms with E-state index in [0.29, 0.717) is 35.3 Å². The summed E-state index contributed by atoms with van der Waals surface area (Å²) in [7, 11) is 0. The first-order valence-electron chi connectivity index (χ1n) is 10.6. The summed E-state index contributed by atoms with van der Waals surface area (Å²) >= 11 is 0. The lowest BCUT2D eigenvalue weighted by molar-refractivity contribution is -0.274. The van der Waals surface area contributed by atoms with E-state index in [0.717, 1.165) is 30.5 Å². The number of ether oxygens (including phenoxy) is 1. The molecule has 170 valence electrons. The first-order chi connectivity index (χ1) is 15.2. The van der Waals surface area contributed by atoms with Crippen molar-refractivity contribution in [3.8, 4) is 16.9 Å². The molecule has 4 nitrogen and oxygen atoms in total. The third kappa shape index (κ3) is 5.52. The number of amides is 1. The average Bonchev–Trinajstić information content (AvgIpc) is 3.00. The standard InChI is InChI=1S/C25H27F3N2O2/c1-3-4-6-14-21-23(19-12-9-13-20(15-19)32-25(26,27)28)22(24(29)31)17(2)30(21)16-18-10-7-5-8-11-18/h5,7-13,15H,3-4,6,14,16H2,1-2H3,(H2,29,31). The van der Waals surface area contributed by atoms with Gasteiger partial charge in [0.2, 0.25) is 0 Å². The van der Waals surface area contributed by atoms with Crippen molar-refractivity contribution in [2.24, 2.45) is 5.73 Å². The van der Waals surface area contributed by atoms with Crippen LogP contribution in [0.3, 0.4) is 0 Å². The van der Waals surface area contributed by atoms with Crippen molar-refractivity contribution >= 4 is 5.91 Å². The maximum absolute atomic E-state index is 12.8. The average molecular weight is 444 g/mol. The van der Waals surface area contributed by atoms with Crippen molar-refractivity contribution in [3.05, 3.63) is 77.1 Å². The quantitative estimate of drug-likeness (QED) is 0.397. The van der Waals surface area contributed by atoms with Gasteiger partial charge in [-0.1, -0.05) is 62.2 Å². The first-order valence-corrected chi connectivity index (χ1v) is 10.6. The van der Waals surface area contributed by atoms with E-state index in [2.05, 4.69) is 16.2 Å². The fourth-order valence-corrected chi connectivity index (χ4v) is 4.04. The zero-order chi connectivity index (χ0) is 23.3. The Morgan fingerprint density at radius 2 is 1.78 bits per heavy atom. The molecule has 0 fully saturated rings. The number of unbranched alkanes of at least 4 members (excludes halogenated alkanes) is 2. The number of nitrogens with two attached hydrogens (primary N) is 1. The number of rotatable bonds is 9. The van der Waals surface area contributed by atoms with Crippen LogP contribution < -0.4 is 10.5 Å². The van der Waals surface area contributed by atoms with Gasteiger partial charge in [0.1, 0.15) is 5.75 Å². The lowest BCUT2D eigenvalue weighted by Gasteiger charge is -2.14. The molecule has 0 aliphatic rings. The van der Waals surface area contributed by atoms with Crippen LogP contribution in [0.1, 0.15) is 53.5 Å². The fraction of sp³-hybridized carbons (Fsp3) is 0.320. The molecule has 0 saturated carbocycles. The maximum Gasteiger partial charge on any atom is 0.573 e. The predicted octanol–water partition coefficient (Wildman–Crippen LogP) is 6.24. The molecule has 1 heterocycles. The van der Waals surface area contributed by atoms with Crippen LogP contribution in [0.4, 0.5) is 13.2 Å². The van der Waals surface area contributed by atoms with Gasteiger partial charge in [0.15, 0.2) is 0 Å². The molecule has 0 aliphatic carbocycles. The highest BCUT2D eigenvalue weighted by Gasteiger charge is 2.31. The number of benzene rings is 2. The number of carbonyl (C=O) groups excluding carboxylic acids is 1. The molecule has 3 rings (SSSR count). The molecule has 0 aliphatic heterocycles. The molecule has 0 spiro atoms. The zero-order valence-electron chi connectivity index (χ0n) is 18.2. The largest absolute Gasteiger partial charge is 0.573 e. The molecular weight excluding hydrogens is 417 g/mol. The molecule has 3 aromatic rings. The van der Waals surface area contributed by atoms with Gasteiger partial charge in [0.05, 0.1) is 5.56 Å². The van der Waals surface area contributed by atoms with Crippen molar-refractivity contribution in [2.75, 3.05) is 0 Å². The molecule has 32 heavy (non-hydrogen) atoms. The van der Waals surface area contributed by atoms with Gasteiger partial charge in [-0.25, -0.2) is 0 Å². The van der Waals surface area contributed by atoms with Gasteiger partial charge in [-0.2, -0.15) is 0 Å². The molecular formula is C25H27F3N2O2. The van der Waals surface area contributed by atoms with Crippen molar-refractivity contribution in [3.63, 3.8) is 0 Å². The molecule has 2 aromatic carbocycles. The summed E-state index contributed by atoms with van der Waals surface area (Å²) in [4.78, 5) is 12.5. The van der Waals surface area contributed by atoms with Crippen LogP contribution in [0.25, 0.3) is 11.1 Å². The summed E-state index contributed by atoms with van der Waals surface area (Å²) in [6.07, 6.45) is -1.22. The summed E-state index contributed by atoms with van der Waals surface area (Å²) in [5.74, 6) is -0.943. The second kappa shape index (κ2) is 9.94. The smallest absolute Gasteiger partial charge is 0.406 e. The highest BCUT2D eigenvalue weighted by atomic mass is 19.4. The number of halogens is 3. The third-order valence-electron chi connectivity index (χ3n) is 5.43. The SMILES string of the molecule is CCCCCc1c(-c2cccc(OC(F)(F)F)c2)c(C(N)=O)c(C)n1Cc1ccccc1. The van der Waals surface area contributed by atoms with Crippen molar-refractivity contribution in [2.45, 2.75) is 52.4 Å². The minimum absolute atomic E-state index is 0.330. The van der Waals surface area contributed by atoms with Crippen LogP contribution in [0.5, 0.6) is 5.75 Å². The number of nitrogens with zero attached hydrogens (tertiary/aromatic N) is 1. The summed E-state index contributed by atoms with van der Waals surface area (Å²) < 4.78 is 44.5. The Labute approximate surface area is 185 Å². The topological polar surface area (TPSA) is 57.2 Å². The normalized spacial score (nSPS) is 11.5. The van der Waals surface area contributed by atoms with E-state index >= 15 is 0 Å². The number of aromatic nitrogens is 1. The Bertz CT molecular complexity index is 1070. The van der Waals surface area contributed by atoms with E-state index in [1.807, 2.05) is 37.3 Å². The van der Waals surface area contributed by atoms with Crippen molar-refractivity contribution in [1.82, 2.24) is 4.57 Å². The Hall–Kier alpha value is -3.22. The van der Waals surface area contributed by atoms with E-state index in [-0.39, 0.29) is 5.75 Å². The molecule has 7 heteroatoms. The van der Waals surface area contributed by atoms with Gasteiger partial charge >= 0.3 is 6.36 Å². The number of alkyl halides is 3. The molecule has 0 unspecified atom stereocenters. The van der Waals surface area contributed by atoms with E-state index in [1.54, 1.807) is 6.07 Å². The lowest BCUT2D eigenvalue weighted by atomic mass is 9.97. The molecule has 0 atom stereocenters. The monoisotopic (exact) mass is 444 g/mol. The number of carbonyl (C=O) groups is 1. The van der Waals surface area contributed by atoms with Crippen LogP contribution in [0.2, 0.25) is 0 Å². The minimum Gasteiger partial charge on any atom is -0.406 e. The van der Waals surface area contributed by atoms with Crippen LogP contribution in [0.15, 0.2) is 54.6 Å². The Balaban J connectivity index is 2.18. The number of hydrogen-bond donors (Lipinski definition) is 1. The van der Waals surface area contributed by atoms with E-state index in [9.17, 15) is 18.0 Å². The van der Waals surface area contributed by atoms with Crippen LogP contribution in [0, 0.1) is 6.92 Å². The van der Waals surface area contributed by atoms with Crippen LogP contribution in [-0.2, 0) is 13.0 Å². The highest BCUT2D eigenvalue weighted by molar-refractivity contribution is 6.02. The first kappa shape index (κ1) is 23.4. The molecule has 0 radical (unpaired) electrons. The Morgan fingerprint density at radius 3 is 2.41 bits per heavy atom. The third-order valence-corrected chi connectivity index (χ3v) is 5.43. The second-order valence-electron chi connectivity index (χ2n) is 7.75. The van der Waals surface area contributed by atoms with Gasteiger partial charge in [-0.15, -0.1) is 13.2 Å². The molecule has 1 aromatic heterocycles. The van der Waals surface area contributed by atoms with Gasteiger partial charge in [-0.05, 0) is 43.0 Å². The predicted molar refractivity (Wildman–Crippen MR) is 119 cm³/mol. The van der Waals surface area contributed by atoms with Gasteiger partial charge in [0, 0.05) is 23.5 Å². The van der Waals surface area contributed by atoms with Crippen molar-refractivity contribution < 1.29 is 22.7 Å². The Kier molecular flexibility index (Phi) is 7.28. The zero-order valence-corrected chi connectivity index (χ0v) is 18.2. The highest BCUT2D eigenvalue weighted by Crippen LogP contribution is 2.36. The summed E-state index contributed by atoms with van der Waals surface area (Å²) in [6, 6.07) is 15.5. The minimum atomic E-state index is -4.80. The van der Waals surface area contributed by atoms with Gasteiger partial charge in [0.25, 0.3) is 5.91 Å². The molecule has 2 N–H and O–H groups in total. The summed E-state index contributed by atoms with van der Waals surface area (Å²) in [6.45, 7) is 4.46. The molecule has 0 bridgehead atoms. The number of primary amides is 1. The Morgan fingerprint density at radius 1 is 1.06 bits per heavy atom. The van der Waals surface area contributed by atoms with Gasteiger partial charge < -0.3 is 15.0 Å². The van der Waals surface area contributed by atoms with Crippen LogP contribution >= 0.6 is 0 Å². The van der Waals surface area contributed by atoms with E-state index in [1.165, 1.54) is 18.2 Å². The second-order valence-corrected chi connectivity index (χ2v) is 7.75. The van der Waals surface area contributed by atoms with E-state index < -0.39 is 12.3 Å². The summed E-state index contributed by atoms with van der Waals surface area (Å²) in [5, 5.41) is 0. The lowest BCUT2D eigenvalue weighted by Crippen LogP contribution is -2.17. The van der Waals surface area contributed by atoms with Crippen molar-refractivity contribution in [1.29, 1.82) is 0 Å². The molecule has 0 saturated heterocycles. The maximum atomic E-state index is 12.8. The van der Waals surface area contributed by atoms with Gasteiger partial charge in [-0.3, -0.25) is 4.79 Å². The number of hydrogen-bond acceptors (Lipinski definition) is 2. The fourth-order valence-electron chi connectivity index (χ4n) is 4.04.